The van der Waals surface area contributed by atoms with Crippen molar-refractivity contribution in [2.24, 2.45) is 10.8 Å². The first-order chi connectivity index (χ1) is 7.46. The van der Waals surface area contributed by atoms with Gasteiger partial charge in [-0.25, -0.2) is 0 Å². The number of carboxylic acid groups (broad SMARTS) is 1. The molecule has 0 saturated carbocycles. The fraction of sp³-hybridized carbons (Fsp3) is 0.846. The van der Waals surface area contributed by atoms with Crippen molar-refractivity contribution in [1.82, 2.24) is 4.90 Å². The average molecular weight is 243 g/mol. The molecule has 0 radical (unpaired) electrons. The summed E-state index contributed by atoms with van der Waals surface area (Å²) in [5, 5.41) is 8.96. The first kappa shape index (κ1) is 15.9. The monoisotopic (exact) mass is 243 g/mol. The molecule has 0 rings (SSSR count). The van der Waals surface area contributed by atoms with E-state index in [4.69, 9.17) is 5.11 Å². The lowest BCUT2D eigenvalue weighted by Gasteiger charge is -2.26. The molecule has 0 aliphatic carbocycles. The fourth-order valence-corrected chi connectivity index (χ4v) is 1.22. The van der Waals surface area contributed by atoms with E-state index in [1.165, 1.54) is 0 Å². The van der Waals surface area contributed by atoms with Crippen LogP contribution in [-0.4, -0.2) is 35.5 Å². The van der Waals surface area contributed by atoms with Crippen LogP contribution in [0.3, 0.4) is 0 Å². The summed E-state index contributed by atoms with van der Waals surface area (Å²) in [5.41, 5.74) is -0.816. The Kier molecular flexibility index (Phi) is 5.17. The van der Waals surface area contributed by atoms with Crippen molar-refractivity contribution < 1.29 is 14.7 Å². The minimum Gasteiger partial charge on any atom is -0.481 e. The summed E-state index contributed by atoms with van der Waals surface area (Å²) < 4.78 is 0. The van der Waals surface area contributed by atoms with Gasteiger partial charge in [-0.2, -0.15) is 0 Å². The molecule has 0 aliphatic heterocycles. The molecule has 0 fully saturated rings. The van der Waals surface area contributed by atoms with Crippen LogP contribution in [-0.2, 0) is 9.59 Å². The molecule has 0 aliphatic rings. The van der Waals surface area contributed by atoms with Crippen molar-refractivity contribution in [3.05, 3.63) is 0 Å². The highest BCUT2D eigenvalue weighted by molar-refractivity contribution is 5.84. The van der Waals surface area contributed by atoms with Gasteiger partial charge in [0.2, 0.25) is 5.91 Å². The normalized spacial score (nSPS) is 12.4. The summed E-state index contributed by atoms with van der Waals surface area (Å²) in [4.78, 5) is 24.4. The Morgan fingerprint density at radius 2 is 1.59 bits per heavy atom. The van der Waals surface area contributed by atoms with Crippen molar-refractivity contribution in [3.8, 4) is 0 Å². The molecule has 4 nitrogen and oxygen atoms in total. The molecule has 4 heteroatoms. The third kappa shape index (κ3) is 6.29. The molecule has 0 atom stereocenters. The van der Waals surface area contributed by atoms with Crippen LogP contribution in [0.2, 0.25) is 0 Å². The molecule has 0 bridgehead atoms. The number of aliphatic carboxylic acids is 1. The molecular weight excluding hydrogens is 218 g/mol. The number of hydrogen-bond donors (Lipinski definition) is 1. The Balaban J connectivity index is 4.29. The zero-order valence-electron chi connectivity index (χ0n) is 11.8. The first-order valence-corrected chi connectivity index (χ1v) is 5.93. The van der Waals surface area contributed by atoms with Gasteiger partial charge in [0, 0.05) is 20.0 Å². The predicted molar refractivity (Wildman–Crippen MR) is 67.7 cm³/mol. The third-order valence-electron chi connectivity index (χ3n) is 2.80. The maximum absolute atomic E-state index is 11.8. The lowest BCUT2D eigenvalue weighted by molar-refractivity contribution is -0.151. The molecule has 17 heavy (non-hydrogen) atoms. The second kappa shape index (κ2) is 5.52. The molecule has 0 aromatic carbocycles. The Labute approximate surface area is 104 Å². The Bertz CT molecular complexity index is 290. The maximum Gasteiger partial charge on any atom is 0.309 e. The first-order valence-electron chi connectivity index (χ1n) is 5.93. The van der Waals surface area contributed by atoms with Gasteiger partial charge in [0.05, 0.1) is 5.41 Å². The van der Waals surface area contributed by atoms with Crippen LogP contribution in [0.15, 0.2) is 0 Å². The van der Waals surface area contributed by atoms with Crippen LogP contribution >= 0.6 is 0 Å². The van der Waals surface area contributed by atoms with Gasteiger partial charge in [0.25, 0.3) is 0 Å². The van der Waals surface area contributed by atoms with Gasteiger partial charge >= 0.3 is 5.97 Å². The number of hydrogen-bond acceptors (Lipinski definition) is 2. The van der Waals surface area contributed by atoms with E-state index >= 15 is 0 Å². The van der Waals surface area contributed by atoms with E-state index in [1.54, 1.807) is 25.8 Å². The Hall–Kier alpha value is -1.06. The number of carbonyl (C=O) groups is 2. The topological polar surface area (TPSA) is 57.6 Å². The van der Waals surface area contributed by atoms with Crippen LogP contribution in [0.4, 0.5) is 0 Å². The number of nitrogens with zero attached hydrogens (tertiary/aromatic N) is 1. The minimum absolute atomic E-state index is 0.0446. The van der Waals surface area contributed by atoms with Crippen molar-refractivity contribution in [2.75, 3.05) is 13.6 Å². The number of amides is 1. The largest absolute Gasteiger partial charge is 0.481 e. The van der Waals surface area contributed by atoms with E-state index < -0.39 is 11.4 Å². The van der Waals surface area contributed by atoms with Gasteiger partial charge in [-0.1, -0.05) is 20.8 Å². The summed E-state index contributed by atoms with van der Waals surface area (Å²) >= 11 is 0. The van der Waals surface area contributed by atoms with Gasteiger partial charge in [0.15, 0.2) is 0 Å². The van der Waals surface area contributed by atoms with Gasteiger partial charge in [-0.3, -0.25) is 9.59 Å². The van der Waals surface area contributed by atoms with E-state index in [-0.39, 0.29) is 17.7 Å². The van der Waals surface area contributed by atoms with E-state index in [0.29, 0.717) is 6.54 Å². The van der Waals surface area contributed by atoms with Crippen LogP contribution < -0.4 is 0 Å². The molecule has 1 amide bonds. The molecule has 0 aromatic heterocycles. The van der Waals surface area contributed by atoms with Crippen molar-refractivity contribution >= 4 is 11.9 Å². The highest BCUT2D eigenvalue weighted by Gasteiger charge is 2.31. The third-order valence-corrected chi connectivity index (χ3v) is 2.80. The molecule has 0 spiro atoms. The van der Waals surface area contributed by atoms with E-state index in [2.05, 4.69) is 20.8 Å². The summed E-state index contributed by atoms with van der Waals surface area (Å²) in [6, 6.07) is 0. The Morgan fingerprint density at radius 3 is 1.94 bits per heavy atom. The van der Waals surface area contributed by atoms with E-state index in [0.717, 1.165) is 6.42 Å². The van der Waals surface area contributed by atoms with Crippen molar-refractivity contribution in [2.45, 2.75) is 47.5 Å². The molecule has 100 valence electrons. The summed E-state index contributed by atoms with van der Waals surface area (Å²) in [6.07, 6.45) is 0.950. The van der Waals surface area contributed by atoms with Gasteiger partial charge in [0.1, 0.15) is 0 Å². The minimum atomic E-state index is -0.993. The van der Waals surface area contributed by atoms with Crippen molar-refractivity contribution in [1.29, 1.82) is 0 Å². The highest BCUT2D eigenvalue weighted by atomic mass is 16.4. The smallest absolute Gasteiger partial charge is 0.309 e. The number of carboxylic acids is 1. The summed E-state index contributed by atoms with van der Waals surface area (Å²) in [6.45, 7) is 10.2. The van der Waals surface area contributed by atoms with Gasteiger partial charge < -0.3 is 10.0 Å². The van der Waals surface area contributed by atoms with E-state index in [9.17, 15) is 9.59 Å². The zero-order chi connectivity index (χ0) is 13.9. The SMILES string of the molecule is CN(CCC(C)(C)C)C(=O)CC(C)(C)C(=O)O. The summed E-state index contributed by atoms with van der Waals surface area (Å²) in [5.74, 6) is -1.04. The standard InChI is InChI=1S/C13H25NO3/c1-12(2,3)7-8-14(6)10(15)9-13(4,5)11(16)17/h7-9H2,1-6H3,(H,16,17). The summed E-state index contributed by atoms with van der Waals surface area (Å²) in [7, 11) is 1.73. The lowest BCUT2D eigenvalue weighted by atomic mass is 9.88. The zero-order valence-corrected chi connectivity index (χ0v) is 11.8. The fourth-order valence-electron chi connectivity index (χ4n) is 1.22. The molecule has 0 saturated heterocycles. The molecule has 0 unspecified atom stereocenters. The second-order valence-electron chi connectivity index (χ2n) is 6.49. The van der Waals surface area contributed by atoms with Crippen molar-refractivity contribution in [3.63, 3.8) is 0 Å². The van der Waals surface area contributed by atoms with Crippen LogP contribution in [0, 0.1) is 10.8 Å². The van der Waals surface area contributed by atoms with Gasteiger partial charge in [-0.05, 0) is 25.7 Å². The molecule has 0 aromatic rings. The predicted octanol–water partition coefficient (Wildman–Crippen LogP) is 2.38. The van der Waals surface area contributed by atoms with E-state index in [1.807, 2.05) is 0 Å². The second-order valence-corrected chi connectivity index (χ2v) is 6.49. The Morgan fingerprint density at radius 1 is 1.12 bits per heavy atom. The highest BCUT2D eigenvalue weighted by Crippen LogP contribution is 2.23. The molecule has 1 N–H and O–H groups in total. The quantitative estimate of drug-likeness (QED) is 0.806. The molecular formula is C13H25NO3. The maximum atomic E-state index is 11.8. The lowest BCUT2D eigenvalue weighted by Crippen LogP contribution is -2.36. The van der Waals surface area contributed by atoms with Crippen LogP contribution in [0.5, 0.6) is 0 Å². The van der Waals surface area contributed by atoms with Crippen LogP contribution in [0.25, 0.3) is 0 Å². The number of carbonyl (C=O) groups excluding carboxylic acids is 1. The number of rotatable bonds is 5. The average Bonchev–Trinajstić information content (AvgIpc) is 2.11. The molecule has 0 heterocycles. The van der Waals surface area contributed by atoms with Gasteiger partial charge in [-0.15, -0.1) is 0 Å². The van der Waals surface area contributed by atoms with Crippen LogP contribution in [0.1, 0.15) is 47.5 Å².